The lowest BCUT2D eigenvalue weighted by atomic mass is 10.2. The van der Waals surface area contributed by atoms with Crippen LogP contribution in [0.3, 0.4) is 0 Å². The van der Waals surface area contributed by atoms with Gasteiger partial charge in [-0.2, -0.15) is 5.10 Å². The van der Waals surface area contributed by atoms with E-state index in [1.807, 2.05) is 67.2 Å². The van der Waals surface area contributed by atoms with E-state index in [-0.39, 0.29) is 17.1 Å². The van der Waals surface area contributed by atoms with Crippen molar-refractivity contribution in [1.29, 1.82) is 0 Å². The molecule has 0 saturated heterocycles. The number of benzene rings is 2. The van der Waals surface area contributed by atoms with Crippen LogP contribution in [0.5, 0.6) is 11.5 Å². The minimum atomic E-state index is -0.228. The predicted molar refractivity (Wildman–Crippen MR) is 139 cm³/mol. The van der Waals surface area contributed by atoms with Gasteiger partial charge in [0, 0.05) is 24.1 Å². The molecule has 0 aliphatic carbocycles. The van der Waals surface area contributed by atoms with Crippen LogP contribution in [0.15, 0.2) is 86.3 Å². The molecule has 3 heterocycles. The highest BCUT2D eigenvalue weighted by atomic mass is 32.1. The Morgan fingerprint density at radius 1 is 1.00 bits per heavy atom. The molecule has 176 valence electrons. The average molecular weight is 504 g/mol. The summed E-state index contributed by atoms with van der Waals surface area (Å²) in [6, 6.07) is 17.7. The minimum absolute atomic E-state index is 0.0351. The molecule has 0 unspecified atom stereocenters. The Balaban J connectivity index is 1.68. The van der Waals surface area contributed by atoms with Crippen molar-refractivity contribution >= 4 is 34.6 Å². The number of phenols is 2. The minimum Gasteiger partial charge on any atom is -0.508 e. The maximum atomic E-state index is 13.4. The Morgan fingerprint density at radius 3 is 2.51 bits per heavy atom. The van der Waals surface area contributed by atoms with Gasteiger partial charge in [-0.1, -0.05) is 24.3 Å². The zero-order valence-electron chi connectivity index (χ0n) is 18.9. The van der Waals surface area contributed by atoms with E-state index in [2.05, 4.69) is 5.10 Å². The molecule has 0 fully saturated rings. The monoisotopic (exact) mass is 503 g/mol. The molecule has 3 aromatic heterocycles. The molecule has 0 spiro atoms. The van der Waals surface area contributed by atoms with Gasteiger partial charge in [-0.3, -0.25) is 9.48 Å². The fourth-order valence-electron chi connectivity index (χ4n) is 3.62. The van der Waals surface area contributed by atoms with Gasteiger partial charge in [-0.25, -0.2) is 14.4 Å². The van der Waals surface area contributed by atoms with Crippen LogP contribution in [0.4, 0.5) is 5.69 Å². The molecule has 5 aromatic rings. The van der Waals surface area contributed by atoms with Gasteiger partial charge in [0.25, 0.3) is 5.56 Å². The molecule has 8 nitrogen and oxygen atoms in total. The smallest absolute Gasteiger partial charge is 0.297 e. The van der Waals surface area contributed by atoms with Crippen molar-refractivity contribution in [3.63, 3.8) is 0 Å². The number of aromatic hydroxyl groups is 2. The number of hydrogen-bond donors (Lipinski definition) is 2. The van der Waals surface area contributed by atoms with Crippen molar-refractivity contribution in [3.8, 4) is 27.8 Å². The van der Waals surface area contributed by atoms with E-state index in [0.29, 0.717) is 16.1 Å². The molecule has 2 aromatic carbocycles. The molecule has 0 aliphatic rings. The largest absolute Gasteiger partial charge is 0.508 e. The van der Waals surface area contributed by atoms with Gasteiger partial charge in [0.2, 0.25) is 4.80 Å². The first-order valence-electron chi connectivity index (χ1n) is 10.6. The summed E-state index contributed by atoms with van der Waals surface area (Å²) in [5, 5.41) is 28.2. The van der Waals surface area contributed by atoms with Crippen molar-refractivity contribution in [2.75, 3.05) is 0 Å². The maximum absolute atomic E-state index is 13.4. The highest BCUT2D eigenvalue weighted by Gasteiger charge is 2.17. The fourth-order valence-corrected chi connectivity index (χ4v) is 5.26. The zero-order valence-corrected chi connectivity index (χ0v) is 20.5. The normalized spacial score (nSPS) is 12.1. The SMILES string of the molecule is Cc1c(N=c2scc(-c3cccs3)n2N=Cc2ccc(O)cc2O)c(=O)n(-c2ccccc2)n1C. The lowest BCUT2D eigenvalue weighted by Crippen LogP contribution is -2.19. The molecule has 5 rings (SSSR count). The number of thiazole rings is 1. The first-order valence-corrected chi connectivity index (χ1v) is 12.4. The van der Waals surface area contributed by atoms with E-state index in [0.717, 1.165) is 22.0 Å². The molecule has 0 saturated carbocycles. The molecule has 0 atom stereocenters. The highest BCUT2D eigenvalue weighted by Crippen LogP contribution is 2.26. The van der Waals surface area contributed by atoms with E-state index in [4.69, 9.17) is 4.99 Å². The van der Waals surface area contributed by atoms with Crippen LogP contribution in [0.1, 0.15) is 11.3 Å². The van der Waals surface area contributed by atoms with Gasteiger partial charge in [-0.15, -0.1) is 22.7 Å². The Labute approximate surface area is 208 Å². The number of thiophene rings is 1. The van der Waals surface area contributed by atoms with Gasteiger partial charge >= 0.3 is 0 Å². The van der Waals surface area contributed by atoms with Gasteiger partial charge < -0.3 is 10.2 Å². The summed E-state index contributed by atoms with van der Waals surface area (Å²) in [7, 11) is 1.83. The van der Waals surface area contributed by atoms with Crippen molar-refractivity contribution in [2.45, 2.75) is 6.92 Å². The molecule has 0 bridgehead atoms. The zero-order chi connectivity index (χ0) is 24.5. The van der Waals surface area contributed by atoms with Crippen LogP contribution in [0.2, 0.25) is 0 Å². The summed E-state index contributed by atoms with van der Waals surface area (Å²) in [6.45, 7) is 1.86. The van der Waals surface area contributed by atoms with Crippen LogP contribution in [0.25, 0.3) is 16.3 Å². The first-order chi connectivity index (χ1) is 16.9. The number of phenolic OH excluding ortho intramolecular Hbond substituents is 2. The number of rotatable bonds is 5. The van der Waals surface area contributed by atoms with E-state index in [1.165, 1.54) is 29.7 Å². The average Bonchev–Trinajstić information content (AvgIpc) is 3.56. The van der Waals surface area contributed by atoms with Gasteiger partial charge in [0.1, 0.15) is 11.5 Å². The number of nitrogens with zero attached hydrogens (tertiary/aromatic N) is 5. The van der Waals surface area contributed by atoms with Crippen LogP contribution in [-0.2, 0) is 7.05 Å². The predicted octanol–water partition coefficient (Wildman–Crippen LogP) is 4.60. The second-order valence-electron chi connectivity index (χ2n) is 7.70. The molecule has 2 N–H and O–H groups in total. The summed E-state index contributed by atoms with van der Waals surface area (Å²) in [4.78, 5) is 19.6. The molecule has 10 heteroatoms. The molecule has 0 amide bonds. The van der Waals surface area contributed by atoms with Crippen LogP contribution < -0.4 is 10.4 Å². The van der Waals surface area contributed by atoms with Crippen LogP contribution in [-0.4, -0.2) is 30.5 Å². The summed E-state index contributed by atoms with van der Waals surface area (Å²) in [6.07, 6.45) is 1.50. The van der Waals surface area contributed by atoms with Crippen LogP contribution in [0, 0.1) is 6.92 Å². The molecule has 0 radical (unpaired) electrons. The molecule has 35 heavy (non-hydrogen) atoms. The third-order valence-electron chi connectivity index (χ3n) is 5.52. The standard InChI is InChI=1S/C25H21N5O3S2/c1-16-23(24(33)30(28(16)2)18-7-4-3-5-8-18)27-25-29(20(15-35-25)22-9-6-12-34-22)26-14-17-10-11-19(31)13-21(17)32/h3-15,31-32H,1-2H3. The summed E-state index contributed by atoms with van der Waals surface area (Å²) >= 11 is 2.93. The molecule has 0 aliphatic heterocycles. The second-order valence-corrected chi connectivity index (χ2v) is 9.49. The number of aromatic nitrogens is 3. The second kappa shape index (κ2) is 9.24. The Kier molecular flexibility index (Phi) is 5.98. The van der Waals surface area contributed by atoms with Crippen molar-refractivity contribution in [1.82, 2.24) is 14.0 Å². The third-order valence-corrected chi connectivity index (χ3v) is 7.23. The lowest BCUT2D eigenvalue weighted by Gasteiger charge is -2.07. The first kappa shape index (κ1) is 22.6. The van der Waals surface area contributed by atoms with Crippen molar-refractivity contribution < 1.29 is 10.2 Å². The van der Waals surface area contributed by atoms with Crippen molar-refractivity contribution in [3.05, 3.63) is 97.8 Å². The lowest BCUT2D eigenvalue weighted by molar-refractivity contribution is 0.450. The van der Waals surface area contributed by atoms with Gasteiger partial charge in [-0.05, 0) is 42.6 Å². The number of hydrogen-bond acceptors (Lipinski definition) is 7. The highest BCUT2D eigenvalue weighted by molar-refractivity contribution is 7.14. The summed E-state index contributed by atoms with van der Waals surface area (Å²) in [5.41, 5.74) is 2.82. The molecular weight excluding hydrogens is 482 g/mol. The van der Waals surface area contributed by atoms with Crippen LogP contribution >= 0.6 is 22.7 Å². The van der Waals surface area contributed by atoms with Gasteiger partial charge in [0.15, 0.2) is 5.69 Å². The number of para-hydroxylation sites is 1. The quantitative estimate of drug-likeness (QED) is 0.343. The topological polar surface area (TPSA) is 97.0 Å². The summed E-state index contributed by atoms with van der Waals surface area (Å²) < 4.78 is 5.03. The summed E-state index contributed by atoms with van der Waals surface area (Å²) in [5.74, 6) is -0.127. The Bertz CT molecular complexity index is 1660. The van der Waals surface area contributed by atoms with E-state index >= 15 is 0 Å². The van der Waals surface area contributed by atoms with E-state index in [9.17, 15) is 15.0 Å². The molecular formula is C25H21N5O3S2. The Morgan fingerprint density at radius 2 is 1.80 bits per heavy atom. The van der Waals surface area contributed by atoms with Crippen molar-refractivity contribution in [2.24, 2.45) is 17.1 Å². The van der Waals surface area contributed by atoms with Gasteiger partial charge in [0.05, 0.1) is 28.2 Å². The third kappa shape index (κ3) is 4.25. The fraction of sp³-hybridized carbons (Fsp3) is 0.0800. The Hall–Kier alpha value is -4.15. The van der Waals surface area contributed by atoms with E-state index in [1.54, 1.807) is 31.4 Å². The maximum Gasteiger partial charge on any atom is 0.297 e. The van der Waals surface area contributed by atoms with E-state index < -0.39 is 0 Å².